The SMILES string of the molecule is O=C(COc1cc(Cl)c(Cl)cc1Cl)NNc1nc(-c2ccncc2)no1. The van der Waals surface area contributed by atoms with Gasteiger partial charge in [-0.25, -0.2) is 5.43 Å². The molecule has 0 aliphatic rings. The first kappa shape index (κ1) is 18.2. The molecule has 1 aromatic carbocycles. The summed E-state index contributed by atoms with van der Waals surface area (Å²) in [5.74, 6) is 0.0766. The van der Waals surface area contributed by atoms with E-state index in [1.807, 2.05) is 0 Å². The second-order valence-corrected chi connectivity index (χ2v) is 6.04. The summed E-state index contributed by atoms with van der Waals surface area (Å²) < 4.78 is 10.3. The molecule has 0 bridgehead atoms. The summed E-state index contributed by atoms with van der Waals surface area (Å²) in [6.07, 6.45) is 3.21. The fraction of sp³-hybridized carbons (Fsp3) is 0.0667. The van der Waals surface area contributed by atoms with Crippen LogP contribution in [-0.4, -0.2) is 27.6 Å². The number of halogens is 3. The van der Waals surface area contributed by atoms with Gasteiger partial charge < -0.3 is 9.26 Å². The Morgan fingerprint density at radius 2 is 1.85 bits per heavy atom. The monoisotopic (exact) mass is 413 g/mol. The van der Waals surface area contributed by atoms with Crippen molar-refractivity contribution < 1.29 is 14.1 Å². The largest absolute Gasteiger partial charge is 0.482 e. The Hall–Kier alpha value is -2.55. The van der Waals surface area contributed by atoms with Crippen LogP contribution in [0.2, 0.25) is 15.1 Å². The van der Waals surface area contributed by atoms with Crippen molar-refractivity contribution in [2.24, 2.45) is 0 Å². The second-order valence-electron chi connectivity index (χ2n) is 4.82. The summed E-state index contributed by atoms with van der Waals surface area (Å²) in [6, 6.07) is 6.31. The van der Waals surface area contributed by atoms with Gasteiger partial charge in [0.2, 0.25) is 5.82 Å². The Morgan fingerprint density at radius 1 is 1.12 bits per heavy atom. The molecule has 11 heteroatoms. The highest BCUT2D eigenvalue weighted by atomic mass is 35.5. The summed E-state index contributed by atoms with van der Waals surface area (Å²) in [7, 11) is 0. The standard InChI is InChI=1S/C15H10Cl3N5O3/c16-9-5-11(18)12(6-10(9)17)25-7-13(24)21-22-15-20-14(23-26-15)8-1-3-19-4-2-8/h1-6H,7H2,(H,21,24)(H,20,22,23). The first-order valence-electron chi connectivity index (χ1n) is 7.09. The van der Waals surface area contributed by atoms with Crippen molar-refractivity contribution in [1.82, 2.24) is 20.6 Å². The van der Waals surface area contributed by atoms with Crippen LogP contribution < -0.4 is 15.6 Å². The van der Waals surface area contributed by atoms with Crippen LogP contribution in [0.3, 0.4) is 0 Å². The van der Waals surface area contributed by atoms with Gasteiger partial charge in [0, 0.05) is 24.0 Å². The maximum Gasteiger partial charge on any atom is 0.340 e. The number of nitrogens with zero attached hydrogens (tertiary/aromatic N) is 3. The van der Waals surface area contributed by atoms with E-state index < -0.39 is 5.91 Å². The fourth-order valence-electron chi connectivity index (χ4n) is 1.81. The lowest BCUT2D eigenvalue weighted by Gasteiger charge is -2.09. The van der Waals surface area contributed by atoms with Crippen LogP contribution in [0.5, 0.6) is 5.75 Å². The molecule has 26 heavy (non-hydrogen) atoms. The molecule has 2 heterocycles. The van der Waals surface area contributed by atoms with Crippen molar-refractivity contribution in [2.75, 3.05) is 12.0 Å². The Bertz CT molecular complexity index is 920. The predicted octanol–water partition coefficient (Wildman–Crippen LogP) is 3.61. The summed E-state index contributed by atoms with van der Waals surface area (Å²) >= 11 is 17.7. The second kappa shape index (κ2) is 8.22. The molecular weight excluding hydrogens is 405 g/mol. The highest BCUT2D eigenvalue weighted by molar-refractivity contribution is 6.43. The van der Waals surface area contributed by atoms with Gasteiger partial charge in [-0.1, -0.05) is 40.0 Å². The molecule has 0 aliphatic carbocycles. The van der Waals surface area contributed by atoms with E-state index in [0.717, 1.165) is 5.56 Å². The molecule has 2 aromatic heterocycles. The molecule has 1 amide bonds. The number of anilines is 1. The van der Waals surface area contributed by atoms with E-state index in [2.05, 4.69) is 26.0 Å². The molecule has 0 aliphatic heterocycles. The number of rotatable bonds is 6. The maximum atomic E-state index is 11.8. The lowest BCUT2D eigenvalue weighted by molar-refractivity contribution is -0.122. The van der Waals surface area contributed by atoms with Crippen molar-refractivity contribution in [3.63, 3.8) is 0 Å². The molecule has 0 unspecified atom stereocenters. The van der Waals surface area contributed by atoms with E-state index in [9.17, 15) is 4.79 Å². The summed E-state index contributed by atoms with van der Waals surface area (Å²) in [5, 5.41) is 4.57. The third-order valence-electron chi connectivity index (χ3n) is 3.01. The van der Waals surface area contributed by atoms with Crippen molar-refractivity contribution >= 4 is 46.7 Å². The molecule has 0 radical (unpaired) electrons. The topological polar surface area (TPSA) is 102 Å². The average Bonchev–Trinajstić information content (AvgIpc) is 3.12. The van der Waals surface area contributed by atoms with Crippen LogP contribution in [0, 0.1) is 0 Å². The van der Waals surface area contributed by atoms with E-state index in [4.69, 9.17) is 44.1 Å². The average molecular weight is 415 g/mol. The normalized spacial score (nSPS) is 10.4. The molecule has 3 rings (SSSR count). The Labute approximate surface area is 162 Å². The van der Waals surface area contributed by atoms with Gasteiger partial charge in [-0.05, 0) is 18.2 Å². The van der Waals surface area contributed by atoms with Crippen molar-refractivity contribution in [2.45, 2.75) is 0 Å². The minimum absolute atomic E-state index is 0.0118. The molecule has 8 nitrogen and oxygen atoms in total. The first-order chi connectivity index (χ1) is 12.5. The zero-order valence-electron chi connectivity index (χ0n) is 12.9. The number of nitrogens with one attached hydrogen (secondary N) is 2. The number of ether oxygens (including phenoxy) is 1. The lowest BCUT2D eigenvalue weighted by atomic mass is 10.3. The number of benzene rings is 1. The molecule has 134 valence electrons. The number of amides is 1. The smallest absolute Gasteiger partial charge is 0.340 e. The highest BCUT2D eigenvalue weighted by Crippen LogP contribution is 2.33. The maximum absolute atomic E-state index is 11.8. The number of hydrazine groups is 1. The fourth-order valence-corrected chi connectivity index (χ4v) is 2.40. The highest BCUT2D eigenvalue weighted by Gasteiger charge is 2.11. The van der Waals surface area contributed by atoms with Gasteiger partial charge in [0.25, 0.3) is 5.91 Å². The minimum Gasteiger partial charge on any atom is -0.482 e. The molecule has 0 spiro atoms. The van der Waals surface area contributed by atoms with Gasteiger partial charge in [0.1, 0.15) is 5.75 Å². The van der Waals surface area contributed by atoms with Crippen LogP contribution in [0.1, 0.15) is 0 Å². The van der Waals surface area contributed by atoms with E-state index in [1.54, 1.807) is 24.5 Å². The summed E-state index contributed by atoms with van der Waals surface area (Å²) in [5.41, 5.74) is 5.57. The molecule has 0 fully saturated rings. The van der Waals surface area contributed by atoms with Gasteiger partial charge in [-0.2, -0.15) is 4.98 Å². The number of carbonyl (C=O) groups is 1. The Morgan fingerprint density at radius 3 is 2.62 bits per heavy atom. The zero-order chi connectivity index (χ0) is 18.5. The van der Waals surface area contributed by atoms with Crippen LogP contribution >= 0.6 is 34.8 Å². The Kier molecular flexibility index (Phi) is 5.77. The first-order valence-corrected chi connectivity index (χ1v) is 8.22. The van der Waals surface area contributed by atoms with Crippen molar-refractivity contribution in [1.29, 1.82) is 0 Å². The van der Waals surface area contributed by atoms with Crippen molar-refractivity contribution in [3.05, 3.63) is 51.7 Å². The van der Waals surface area contributed by atoms with Crippen LogP contribution in [-0.2, 0) is 4.79 Å². The number of aromatic nitrogens is 3. The van der Waals surface area contributed by atoms with Crippen LogP contribution in [0.25, 0.3) is 11.4 Å². The van der Waals surface area contributed by atoms with E-state index in [-0.39, 0.29) is 33.4 Å². The van der Waals surface area contributed by atoms with Gasteiger partial charge in [-0.3, -0.25) is 15.2 Å². The minimum atomic E-state index is -0.504. The molecule has 0 atom stereocenters. The Balaban J connectivity index is 1.52. The zero-order valence-corrected chi connectivity index (χ0v) is 15.1. The third-order valence-corrected chi connectivity index (χ3v) is 4.02. The van der Waals surface area contributed by atoms with E-state index in [1.165, 1.54) is 12.1 Å². The number of hydrogen-bond acceptors (Lipinski definition) is 7. The predicted molar refractivity (Wildman–Crippen MR) is 96.3 cm³/mol. The van der Waals surface area contributed by atoms with Gasteiger partial charge >= 0.3 is 6.01 Å². The summed E-state index contributed by atoms with van der Waals surface area (Å²) in [4.78, 5) is 19.8. The van der Waals surface area contributed by atoms with Gasteiger partial charge in [0.15, 0.2) is 6.61 Å². The van der Waals surface area contributed by atoms with Gasteiger partial charge in [-0.15, -0.1) is 0 Å². The number of carbonyl (C=O) groups excluding carboxylic acids is 1. The molecular formula is C15H10Cl3N5O3. The number of hydrogen-bond donors (Lipinski definition) is 2. The van der Waals surface area contributed by atoms with E-state index >= 15 is 0 Å². The van der Waals surface area contributed by atoms with Gasteiger partial charge in [0.05, 0.1) is 15.1 Å². The summed E-state index contributed by atoms with van der Waals surface area (Å²) in [6.45, 7) is -0.323. The number of pyridine rings is 1. The quantitative estimate of drug-likeness (QED) is 0.469. The van der Waals surface area contributed by atoms with E-state index in [0.29, 0.717) is 5.82 Å². The lowest BCUT2D eigenvalue weighted by Crippen LogP contribution is -2.33. The molecule has 2 N–H and O–H groups in total. The molecule has 0 saturated heterocycles. The third kappa shape index (κ3) is 4.54. The molecule has 3 aromatic rings. The van der Waals surface area contributed by atoms with Crippen LogP contribution in [0.15, 0.2) is 41.2 Å². The molecule has 0 saturated carbocycles. The van der Waals surface area contributed by atoms with Crippen molar-refractivity contribution in [3.8, 4) is 17.1 Å². The van der Waals surface area contributed by atoms with Crippen LogP contribution in [0.4, 0.5) is 6.01 Å².